The lowest BCUT2D eigenvalue weighted by molar-refractivity contribution is -0.117. The molecule has 2 amide bonds. The number of nitrogens with one attached hydrogen (secondary N) is 1. The highest BCUT2D eigenvalue weighted by Gasteiger charge is 2.32. The number of hydrogen-bond donors (Lipinski definition) is 1. The van der Waals surface area contributed by atoms with Gasteiger partial charge in [-0.2, -0.15) is 0 Å². The van der Waals surface area contributed by atoms with Gasteiger partial charge < -0.3 is 10.2 Å². The minimum atomic E-state index is -0.432. The molecule has 0 aliphatic carbocycles. The molecule has 1 N–H and O–H groups in total. The second-order valence-corrected chi connectivity index (χ2v) is 7.44. The molecule has 2 aliphatic rings. The summed E-state index contributed by atoms with van der Waals surface area (Å²) in [6.07, 6.45) is 2.59. The Morgan fingerprint density at radius 2 is 1.75 bits per heavy atom. The van der Waals surface area contributed by atoms with Crippen LogP contribution in [-0.4, -0.2) is 53.8 Å². The number of carbonyl (C=O) groups is 2. The Bertz CT molecular complexity index is 878. The molecule has 2 aliphatic heterocycles. The maximum Gasteiger partial charge on any atom is 0.254 e. The third kappa shape index (κ3) is 3.92. The fourth-order valence-corrected chi connectivity index (χ4v) is 4.14. The van der Waals surface area contributed by atoms with Crippen LogP contribution in [0.5, 0.6) is 0 Å². The van der Waals surface area contributed by atoms with Crippen LogP contribution in [-0.2, 0) is 11.2 Å². The minimum absolute atomic E-state index is 0.123. The summed E-state index contributed by atoms with van der Waals surface area (Å²) in [5.41, 5.74) is 2.16. The van der Waals surface area contributed by atoms with Crippen molar-refractivity contribution in [2.24, 2.45) is 0 Å². The maximum atomic E-state index is 13.7. The highest BCUT2D eigenvalue weighted by atomic mass is 19.1. The second-order valence-electron chi connectivity index (χ2n) is 7.44. The Kier molecular flexibility index (Phi) is 5.39. The predicted molar refractivity (Wildman–Crippen MR) is 106 cm³/mol. The lowest BCUT2D eigenvalue weighted by Crippen LogP contribution is -2.50. The van der Waals surface area contributed by atoms with Crippen molar-refractivity contribution >= 4 is 17.5 Å². The van der Waals surface area contributed by atoms with E-state index < -0.39 is 5.82 Å². The van der Waals surface area contributed by atoms with Crippen LogP contribution in [0, 0.1) is 5.82 Å². The first-order valence-corrected chi connectivity index (χ1v) is 9.77. The Labute approximate surface area is 164 Å². The summed E-state index contributed by atoms with van der Waals surface area (Å²) in [6.45, 7) is 2.49. The third-order valence-corrected chi connectivity index (χ3v) is 5.64. The van der Waals surface area contributed by atoms with Gasteiger partial charge in [0.25, 0.3) is 5.91 Å². The Morgan fingerprint density at radius 1 is 1.04 bits per heavy atom. The summed E-state index contributed by atoms with van der Waals surface area (Å²) < 4.78 is 13.7. The number of nitrogens with zero attached hydrogens (tertiary/aromatic N) is 2. The van der Waals surface area contributed by atoms with E-state index in [1.54, 1.807) is 18.2 Å². The van der Waals surface area contributed by atoms with Crippen molar-refractivity contribution in [2.75, 3.05) is 31.5 Å². The van der Waals surface area contributed by atoms with E-state index in [2.05, 4.69) is 10.2 Å². The van der Waals surface area contributed by atoms with Gasteiger partial charge in [-0.15, -0.1) is 0 Å². The van der Waals surface area contributed by atoms with Gasteiger partial charge in [-0.05, 0) is 43.0 Å². The molecule has 0 spiro atoms. The fraction of sp³-hybridized carbons (Fsp3) is 0.364. The number of carbonyl (C=O) groups excluding carboxylic acids is 2. The van der Waals surface area contributed by atoms with Gasteiger partial charge in [0.05, 0.1) is 12.2 Å². The van der Waals surface area contributed by atoms with Gasteiger partial charge in [0.15, 0.2) is 0 Å². The molecule has 0 atom stereocenters. The van der Waals surface area contributed by atoms with Crippen LogP contribution in [0.4, 0.5) is 10.1 Å². The molecule has 6 heteroatoms. The SMILES string of the molecule is O=C(CN1CCC(N2CCc3ccccc3C2=O)CC1)Nc1ccccc1F. The van der Waals surface area contributed by atoms with E-state index >= 15 is 0 Å². The van der Waals surface area contributed by atoms with Gasteiger partial charge in [0.1, 0.15) is 5.82 Å². The van der Waals surface area contributed by atoms with Crippen LogP contribution in [0.1, 0.15) is 28.8 Å². The van der Waals surface area contributed by atoms with Gasteiger partial charge in [-0.3, -0.25) is 14.5 Å². The van der Waals surface area contributed by atoms with Crippen molar-refractivity contribution in [1.82, 2.24) is 9.80 Å². The molecule has 0 bridgehead atoms. The summed E-state index contributed by atoms with van der Waals surface area (Å²) >= 11 is 0. The highest BCUT2D eigenvalue weighted by Crippen LogP contribution is 2.25. The third-order valence-electron chi connectivity index (χ3n) is 5.64. The fourth-order valence-electron chi connectivity index (χ4n) is 4.14. The van der Waals surface area contributed by atoms with Crippen molar-refractivity contribution in [3.63, 3.8) is 0 Å². The number of anilines is 1. The van der Waals surface area contributed by atoms with E-state index in [-0.39, 0.29) is 30.1 Å². The number of para-hydroxylation sites is 1. The number of fused-ring (bicyclic) bond motifs is 1. The maximum absolute atomic E-state index is 13.7. The molecule has 0 radical (unpaired) electrons. The smallest absolute Gasteiger partial charge is 0.254 e. The average Bonchev–Trinajstić information content (AvgIpc) is 2.71. The Hall–Kier alpha value is -2.73. The van der Waals surface area contributed by atoms with Crippen molar-refractivity contribution in [2.45, 2.75) is 25.3 Å². The van der Waals surface area contributed by atoms with Crippen LogP contribution in [0.25, 0.3) is 0 Å². The molecule has 0 aromatic heterocycles. The molecule has 1 fully saturated rings. The zero-order valence-electron chi connectivity index (χ0n) is 15.7. The van der Waals surface area contributed by atoms with Crippen molar-refractivity contribution in [3.8, 4) is 0 Å². The molecular formula is C22H24FN3O2. The van der Waals surface area contributed by atoms with Gasteiger partial charge in [-0.1, -0.05) is 30.3 Å². The van der Waals surface area contributed by atoms with Gasteiger partial charge in [-0.25, -0.2) is 4.39 Å². The number of piperidine rings is 1. The lowest BCUT2D eigenvalue weighted by Gasteiger charge is -2.40. The summed E-state index contributed by atoms with van der Waals surface area (Å²) in [5, 5.41) is 2.63. The molecule has 4 rings (SSSR count). The summed E-state index contributed by atoms with van der Waals surface area (Å²) in [6, 6.07) is 14.2. The molecule has 1 saturated heterocycles. The molecule has 0 saturated carbocycles. The molecule has 5 nitrogen and oxygen atoms in total. The van der Waals surface area contributed by atoms with Crippen molar-refractivity contribution < 1.29 is 14.0 Å². The van der Waals surface area contributed by atoms with Gasteiger partial charge >= 0.3 is 0 Å². The zero-order chi connectivity index (χ0) is 19.5. The average molecular weight is 381 g/mol. The van der Waals surface area contributed by atoms with Crippen LogP contribution in [0.3, 0.4) is 0 Å². The van der Waals surface area contributed by atoms with Crippen LogP contribution in [0.15, 0.2) is 48.5 Å². The van der Waals surface area contributed by atoms with Gasteiger partial charge in [0.2, 0.25) is 5.91 Å². The van der Waals surface area contributed by atoms with E-state index in [4.69, 9.17) is 0 Å². The largest absolute Gasteiger partial charge is 0.335 e. The second kappa shape index (κ2) is 8.10. The van der Waals surface area contributed by atoms with E-state index in [1.165, 1.54) is 6.07 Å². The summed E-state index contributed by atoms with van der Waals surface area (Å²) in [7, 11) is 0. The number of likely N-dealkylation sites (tertiary alicyclic amines) is 1. The molecule has 28 heavy (non-hydrogen) atoms. The topological polar surface area (TPSA) is 52.7 Å². The minimum Gasteiger partial charge on any atom is -0.335 e. The number of halogens is 1. The molecule has 2 aromatic carbocycles. The predicted octanol–water partition coefficient (Wildman–Crippen LogP) is 2.93. The first-order valence-electron chi connectivity index (χ1n) is 9.77. The normalized spacial score (nSPS) is 18.0. The zero-order valence-corrected chi connectivity index (χ0v) is 15.7. The number of amides is 2. The molecule has 2 heterocycles. The number of benzene rings is 2. The Morgan fingerprint density at radius 3 is 2.54 bits per heavy atom. The number of hydrogen-bond acceptors (Lipinski definition) is 3. The molecule has 146 valence electrons. The van der Waals surface area contributed by atoms with Crippen LogP contribution < -0.4 is 5.32 Å². The standard InChI is InChI=1S/C22H24FN3O2/c23-19-7-3-4-8-20(19)24-21(27)15-25-12-10-17(11-13-25)26-14-9-16-5-1-2-6-18(16)22(26)28/h1-8,17H,9-15H2,(H,24,27). The highest BCUT2D eigenvalue weighted by molar-refractivity contribution is 5.97. The molecule has 0 unspecified atom stereocenters. The van der Waals surface area contributed by atoms with Crippen molar-refractivity contribution in [3.05, 3.63) is 65.5 Å². The monoisotopic (exact) mass is 381 g/mol. The van der Waals surface area contributed by atoms with E-state index in [1.807, 2.05) is 29.2 Å². The first kappa shape index (κ1) is 18.6. The van der Waals surface area contributed by atoms with Crippen molar-refractivity contribution in [1.29, 1.82) is 0 Å². The van der Waals surface area contributed by atoms with Crippen LogP contribution >= 0.6 is 0 Å². The van der Waals surface area contributed by atoms with E-state index in [9.17, 15) is 14.0 Å². The van der Waals surface area contributed by atoms with Gasteiger partial charge in [0, 0.05) is 31.2 Å². The van der Waals surface area contributed by atoms with E-state index in [0.717, 1.165) is 50.0 Å². The summed E-state index contributed by atoms with van der Waals surface area (Å²) in [4.78, 5) is 29.1. The van der Waals surface area contributed by atoms with E-state index in [0.29, 0.717) is 0 Å². The molecule has 2 aromatic rings. The quantitative estimate of drug-likeness (QED) is 0.886. The molecular weight excluding hydrogens is 357 g/mol. The first-order chi connectivity index (χ1) is 13.6. The lowest BCUT2D eigenvalue weighted by atomic mass is 9.95. The summed E-state index contributed by atoms with van der Waals surface area (Å²) in [5.74, 6) is -0.525. The number of rotatable bonds is 4. The Balaban J connectivity index is 1.30. The van der Waals surface area contributed by atoms with Crippen LogP contribution in [0.2, 0.25) is 0 Å².